The Labute approximate surface area is 192 Å². The van der Waals surface area contributed by atoms with Gasteiger partial charge in [0.15, 0.2) is 6.10 Å². The van der Waals surface area contributed by atoms with Gasteiger partial charge < -0.3 is 5.11 Å². The number of nitro groups is 1. The molecule has 2 amide bonds. The van der Waals surface area contributed by atoms with Crippen molar-refractivity contribution in [3.63, 3.8) is 0 Å². The molecule has 0 saturated carbocycles. The molecule has 3 aromatic carbocycles. The summed E-state index contributed by atoms with van der Waals surface area (Å²) in [5.41, 5.74) is 0.851. The van der Waals surface area contributed by atoms with E-state index < -0.39 is 34.8 Å². The smallest absolute Gasteiger partial charge is 0.273 e. The zero-order valence-corrected chi connectivity index (χ0v) is 17.6. The van der Waals surface area contributed by atoms with Crippen LogP contribution in [0.3, 0.4) is 0 Å². The molecule has 3 atom stereocenters. The molecule has 0 aromatic heterocycles. The molecule has 0 unspecified atom stereocenters. The lowest BCUT2D eigenvalue weighted by atomic mass is 9.90. The molecule has 3 aromatic rings. The summed E-state index contributed by atoms with van der Waals surface area (Å²) in [5.74, 6) is -2.41. The molecule has 33 heavy (non-hydrogen) atoms. The van der Waals surface area contributed by atoms with Crippen LogP contribution in [0, 0.1) is 16.0 Å². The Balaban J connectivity index is 1.61. The van der Waals surface area contributed by atoms with Gasteiger partial charge in [-0.05, 0) is 42.5 Å². The summed E-state index contributed by atoms with van der Waals surface area (Å²) < 4.78 is 0. The van der Waals surface area contributed by atoms with Crippen LogP contribution >= 0.6 is 11.6 Å². The Morgan fingerprint density at radius 2 is 1.64 bits per heavy atom. The number of hydrogen-bond acceptors (Lipinski definition) is 7. The van der Waals surface area contributed by atoms with Crippen LogP contribution in [-0.4, -0.2) is 27.9 Å². The van der Waals surface area contributed by atoms with Crippen LogP contribution in [0.15, 0.2) is 72.8 Å². The number of imide groups is 1. The number of para-hydroxylation sites is 1. The second-order valence-corrected chi connectivity index (χ2v) is 8.08. The first-order valence-electron chi connectivity index (χ1n) is 9.98. The van der Waals surface area contributed by atoms with Gasteiger partial charge in [-0.1, -0.05) is 29.8 Å². The standard InChI is InChI=1S/C23H16ClN3O6/c24-13-6-8-14(9-7-13)25-22(29)19-20(17-11-10-16(27(31)32)12-18(17)28)26(33-21(19)23(25)30)15-4-2-1-3-5-15/h1-12,19-21,28H/t19-,20-,21+/m0/s1. The van der Waals surface area contributed by atoms with Crippen LogP contribution in [0.25, 0.3) is 0 Å². The summed E-state index contributed by atoms with van der Waals surface area (Å²) in [6, 6.07) is 17.8. The van der Waals surface area contributed by atoms with E-state index >= 15 is 0 Å². The molecule has 5 rings (SSSR count). The normalized spacial score (nSPS) is 22.0. The van der Waals surface area contributed by atoms with Gasteiger partial charge >= 0.3 is 0 Å². The number of carbonyl (C=O) groups is 2. The number of hydrogen-bond donors (Lipinski definition) is 1. The zero-order chi connectivity index (χ0) is 23.3. The van der Waals surface area contributed by atoms with Gasteiger partial charge in [0, 0.05) is 16.7 Å². The third-order valence-electron chi connectivity index (χ3n) is 5.75. The number of non-ortho nitro benzene ring substituents is 1. The predicted molar refractivity (Wildman–Crippen MR) is 119 cm³/mol. The van der Waals surface area contributed by atoms with E-state index in [0.29, 0.717) is 16.4 Å². The number of anilines is 2. The van der Waals surface area contributed by atoms with Crippen LogP contribution in [0.4, 0.5) is 17.1 Å². The van der Waals surface area contributed by atoms with E-state index in [-0.39, 0.29) is 17.0 Å². The predicted octanol–water partition coefficient (Wildman–Crippen LogP) is 4.00. The third kappa shape index (κ3) is 3.38. The van der Waals surface area contributed by atoms with Crippen LogP contribution < -0.4 is 9.96 Å². The number of fused-ring (bicyclic) bond motifs is 1. The van der Waals surface area contributed by atoms with E-state index in [1.165, 1.54) is 17.2 Å². The lowest BCUT2D eigenvalue weighted by Gasteiger charge is -2.29. The average molecular weight is 466 g/mol. The van der Waals surface area contributed by atoms with E-state index in [1.807, 2.05) is 0 Å². The maximum Gasteiger partial charge on any atom is 0.273 e. The van der Waals surface area contributed by atoms with Crippen molar-refractivity contribution in [2.45, 2.75) is 12.1 Å². The Morgan fingerprint density at radius 3 is 2.27 bits per heavy atom. The SMILES string of the molecule is O=C1[C@@H]2[C@@H](ON(c3ccccc3)[C@H]2c2ccc([N+](=O)[O-])cc2O)C(=O)N1c1ccc(Cl)cc1. The number of amides is 2. The summed E-state index contributed by atoms with van der Waals surface area (Å²) in [6.45, 7) is 0. The van der Waals surface area contributed by atoms with Gasteiger partial charge in [0.25, 0.3) is 11.6 Å². The second-order valence-electron chi connectivity index (χ2n) is 7.65. The lowest BCUT2D eigenvalue weighted by Crippen LogP contribution is -2.37. The number of phenolic OH excluding ortho intramolecular Hbond substituents is 1. The first-order chi connectivity index (χ1) is 15.9. The van der Waals surface area contributed by atoms with Gasteiger partial charge in [-0.3, -0.25) is 24.5 Å². The van der Waals surface area contributed by atoms with Crippen LogP contribution in [0.5, 0.6) is 5.75 Å². The van der Waals surface area contributed by atoms with Crippen molar-refractivity contribution >= 4 is 40.5 Å². The van der Waals surface area contributed by atoms with Crippen LogP contribution in [0.1, 0.15) is 11.6 Å². The lowest BCUT2D eigenvalue weighted by molar-refractivity contribution is -0.385. The number of carbonyl (C=O) groups excluding carboxylic acids is 2. The summed E-state index contributed by atoms with van der Waals surface area (Å²) in [5, 5.41) is 23.6. The maximum absolute atomic E-state index is 13.5. The average Bonchev–Trinajstić information content (AvgIpc) is 3.31. The number of hydroxylamine groups is 1. The topological polar surface area (TPSA) is 113 Å². The quantitative estimate of drug-likeness (QED) is 0.352. The minimum Gasteiger partial charge on any atom is -0.507 e. The fourth-order valence-corrected chi connectivity index (χ4v) is 4.40. The molecule has 0 spiro atoms. The van der Waals surface area contributed by atoms with Gasteiger partial charge in [0.05, 0.1) is 28.4 Å². The van der Waals surface area contributed by atoms with E-state index in [2.05, 4.69) is 0 Å². The summed E-state index contributed by atoms with van der Waals surface area (Å²) >= 11 is 5.93. The molecule has 2 aliphatic heterocycles. The molecule has 1 N–H and O–H groups in total. The summed E-state index contributed by atoms with van der Waals surface area (Å²) in [7, 11) is 0. The minimum atomic E-state index is -1.13. The van der Waals surface area contributed by atoms with Crippen LogP contribution in [0.2, 0.25) is 5.02 Å². The van der Waals surface area contributed by atoms with Gasteiger partial charge in [-0.25, -0.2) is 9.96 Å². The highest BCUT2D eigenvalue weighted by molar-refractivity contribution is 6.31. The van der Waals surface area contributed by atoms with Crippen molar-refractivity contribution in [2.75, 3.05) is 9.96 Å². The Kier molecular flexibility index (Phi) is 4.99. The van der Waals surface area contributed by atoms with Gasteiger partial charge in [-0.2, -0.15) is 0 Å². The van der Waals surface area contributed by atoms with E-state index in [0.717, 1.165) is 11.0 Å². The number of nitro benzene ring substituents is 1. The first kappa shape index (κ1) is 20.9. The molecule has 10 heteroatoms. The fourth-order valence-electron chi connectivity index (χ4n) is 4.27. The van der Waals surface area contributed by atoms with Crippen molar-refractivity contribution in [2.24, 2.45) is 5.92 Å². The molecular weight excluding hydrogens is 450 g/mol. The maximum atomic E-state index is 13.5. The number of rotatable bonds is 4. The van der Waals surface area contributed by atoms with Crippen molar-refractivity contribution in [3.05, 3.63) is 93.5 Å². The molecule has 2 saturated heterocycles. The molecule has 0 radical (unpaired) electrons. The Morgan fingerprint density at radius 1 is 0.939 bits per heavy atom. The van der Waals surface area contributed by atoms with Crippen molar-refractivity contribution in [1.29, 1.82) is 0 Å². The van der Waals surface area contributed by atoms with E-state index in [4.69, 9.17) is 16.4 Å². The summed E-state index contributed by atoms with van der Waals surface area (Å²) in [4.78, 5) is 44.3. The second kappa shape index (κ2) is 7.88. The summed E-state index contributed by atoms with van der Waals surface area (Å²) in [6.07, 6.45) is -1.13. The number of phenols is 1. The Hall–Kier alpha value is -3.95. The zero-order valence-electron chi connectivity index (χ0n) is 16.9. The largest absolute Gasteiger partial charge is 0.507 e. The van der Waals surface area contributed by atoms with Crippen LogP contribution in [-0.2, 0) is 14.4 Å². The molecule has 0 aliphatic carbocycles. The monoisotopic (exact) mass is 465 g/mol. The minimum absolute atomic E-state index is 0.232. The van der Waals surface area contributed by atoms with Gasteiger partial charge in [-0.15, -0.1) is 0 Å². The van der Waals surface area contributed by atoms with E-state index in [1.54, 1.807) is 54.6 Å². The molecule has 2 heterocycles. The van der Waals surface area contributed by atoms with Gasteiger partial charge in [0.2, 0.25) is 5.91 Å². The molecule has 2 aliphatic rings. The molecule has 166 valence electrons. The number of nitrogens with zero attached hydrogens (tertiary/aromatic N) is 3. The van der Waals surface area contributed by atoms with E-state index in [9.17, 15) is 24.8 Å². The highest BCUT2D eigenvalue weighted by Crippen LogP contribution is 2.49. The number of halogens is 1. The third-order valence-corrected chi connectivity index (χ3v) is 6.01. The van der Waals surface area contributed by atoms with Crippen molar-refractivity contribution < 1.29 is 24.5 Å². The highest BCUT2D eigenvalue weighted by Gasteiger charge is 2.60. The molecule has 2 fully saturated rings. The molecule has 9 nitrogen and oxygen atoms in total. The number of benzene rings is 3. The molecular formula is C23H16ClN3O6. The highest BCUT2D eigenvalue weighted by atomic mass is 35.5. The van der Waals surface area contributed by atoms with Crippen molar-refractivity contribution in [3.8, 4) is 5.75 Å². The van der Waals surface area contributed by atoms with Crippen molar-refractivity contribution in [1.82, 2.24) is 0 Å². The molecule has 0 bridgehead atoms. The Bertz CT molecular complexity index is 1270. The van der Waals surface area contributed by atoms with Gasteiger partial charge in [0.1, 0.15) is 11.7 Å². The first-order valence-corrected chi connectivity index (χ1v) is 10.4. The fraction of sp³-hybridized carbons (Fsp3) is 0.130. The number of aromatic hydroxyl groups is 1.